The van der Waals surface area contributed by atoms with Gasteiger partial charge in [0, 0.05) is 13.1 Å². The number of carbonyl (C=O) groups is 1. The maximum atomic E-state index is 12.6. The Balaban J connectivity index is 2.17. The Morgan fingerprint density at radius 1 is 1.39 bits per heavy atom. The van der Waals surface area contributed by atoms with E-state index in [-0.39, 0.29) is 37.9 Å². The van der Waals surface area contributed by atoms with Crippen molar-refractivity contribution in [2.45, 2.75) is 19.3 Å². The van der Waals surface area contributed by atoms with Crippen LogP contribution in [0.15, 0.2) is 0 Å². The molecule has 2 rings (SSSR count). The standard InChI is InChI=1S/C9H12F3N5O/c1-13-4-7(18)16-2-3-17-6(5-16)14-15-8(17)9(10,11)12/h13H,2-5H2,1H3. The maximum absolute atomic E-state index is 12.6. The van der Waals surface area contributed by atoms with Crippen LogP contribution in [-0.4, -0.2) is 45.7 Å². The lowest BCUT2D eigenvalue weighted by Crippen LogP contribution is -2.42. The summed E-state index contributed by atoms with van der Waals surface area (Å²) in [7, 11) is 1.63. The minimum atomic E-state index is -4.51. The van der Waals surface area contributed by atoms with E-state index in [0.717, 1.165) is 4.57 Å². The highest BCUT2D eigenvalue weighted by molar-refractivity contribution is 5.78. The van der Waals surface area contributed by atoms with Crippen molar-refractivity contribution < 1.29 is 18.0 Å². The van der Waals surface area contributed by atoms with E-state index in [1.165, 1.54) is 4.90 Å². The van der Waals surface area contributed by atoms with Crippen molar-refractivity contribution in [1.82, 2.24) is 25.0 Å². The second kappa shape index (κ2) is 4.56. The Morgan fingerprint density at radius 3 is 2.72 bits per heavy atom. The van der Waals surface area contributed by atoms with E-state index in [0.29, 0.717) is 0 Å². The molecule has 0 aliphatic carbocycles. The van der Waals surface area contributed by atoms with Crippen LogP contribution in [0.4, 0.5) is 13.2 Å². The summed E-state index contributed by atoms with van der Waals surface area (Å²) in [4.78, 5) is 13.1. The molecule has 1 amide bonds. The van der Waals surface area contributed by atoms with Crippen molar-refractivity contribution in [3.8, 4) is 0 Å². The van der Waals surface area contributed by atoms with E-state index < -0.39 is 12.0 Å². The van der Waals surface area contributed by atoms with Crippen LogP contribution in [0.25, 0.3) is 0 Å². The first kappa shape index (κ1) is 12.8. The topological polar surface area (TPSA) is 63.1 Å². The number of hydrogen-bond acceptors (Lipinski definition) is 4. The van der Waals surface area contributed by atoms with Crippen LogP contribution in [0.3, 0.4) is 0 Å². The Hall–Kier alpha value is -1.64. The normalized spacial score (nSPS) is 15.7. The summed E-state index contributed by atoms with van der Waals surface area (Å²) in [5.74, 6) is -1.00. The highest BCUT2D eigenvalue weighted by atomic mass is 19.4. The molecule has 0 fully saturated rings. The SMILES string of the molecule is CNCC(=O)N1CCn2c(nnc2C(F)(F)F)C1. The summed E-state index contributed by atoms with van der Waals surface area (Å²) in [6.45, 7) is 0.505. The van der Waals surface area contributed by atoms with Gasteiger partial charge in [0.2, 0.25) is 11.7 Å². The van der Waals surface area contributed by atoms with Gasteiger partial charge in [0.15, 0.2) is 5.82 Å². The molecule has 18 heavy (non-hydrogen) atoms. The molecular formula is C9H12F3N5O. The molecule has 1 N–H and O–H groups in total. The van der Waals surface area contributed by atoms with E-state index in [1.54, 1.807) is 7.05 Å². The zero-order valence-corrected chi connectivity index (χ0v) is 9.66. The van der Waals surface area contributed by atoms with Crippen LogP contribution in [0.1, 0.15) is 11.6 Å². The Morgan fingerprint density at radius 2 is 2.11 bits per heavy atom. The number of rotatable bonds is 2. The van der Waals surface area contributed by atoms with Gasteiger partial charge in [-0.1, -0.05) is 0 Å². The van der Waals surface area contributed by atoms with Crippen LogP contribution >= 0.6 is 0 Å². The highest BCUT2D eigenvalue weighted by Gasteiger charge is 2.39. The molecule has 100 valence electrons. The summed E-state index contributed by atoms with van der Waals surface area (Å²) in [6, 6.07) is 0. The van der Waals surface area contributed by atoms with Crippen molar-refractivity contribution in [3.05, 3.63) is 11.6 Å². The number of halogens is 3. The number of aromatic nitrogens is 3. The number of likely N-dealkylation sites (N-methyl/N-ethyl adjacent to an activating group) is 1. The van der Waals surface area contributed by atoms with Crippen molar-refractivity contribution >= 4 is 5.91 Å². The fourth-order valence-electron chi connectivity index (χ4n) is 1.84. The Labute approximate surface area is 101 Å². The lowest BCUT2D eigenvalue weighted by atomic mass is 10.3. The van der Waals surface area contributed by atoms with Gasteiger partial charge in [-0.05, 0) is 7.05 Å². The minimum absolute atomic E-state index is 0.0591. The molecule has 0 spiro atoms. The van der Waals surface area contributed by atoms with Gasteiger partial charge in [0.05, 0.1) is 13.1 Å². The third-order valence-corrected chi connectivity index (χ3v) is 2.69. The molecule has 0 saturated carbocycles. The highest BCUT2D eigenvalue weighted by Crippen LogP contribution is 2.29. The number of alkyl halides is 3. The molecular weight excluding hydrogens is 251 g/mol. The van der Waals surface area contributed by atoms with E-state index in [9.17, 15) is 18.0 Å². The zero-order chi connectivity index (χ0) is 13.3. The summed E-state index contributed by atoms with van der Waals surface area (Å²) in [6.07, 6.45) is -4.51. The van der Waals surface area contributed by atoms with Crippen LogP contribution in [0.2, 0.25) is 0 Å². The monoisotopic (exact) mass is 263 g/mol. The van der Waals surface area contributed by atoms with Gasteiger partial charge < -0.3 is 14.8 Å². The van der Waals surface area contributed by atoms with Gasteiger partial charge in [-0.3, -0.25) is 4.79 Å². The lowest BCUT2D eigenvalue weighted by Gasteiger charge is -2.27. The largest absolute Gasteiger partial charge is 0.451 e. The van der Waals surface area contributed by atoms with Crippen molar-refractivity contribution in [1.29, 1.82) is 0 Å². The van der Waals surface area contributed by atoms with Gasteiger partial charge in [-0.25, -0.2) is 0 Å². The number of fused-ring (bicyclic) bond motifs is 1. The molecule has 9 heteroatoms. The Bertz CT molecular complexity index is 456. The van der Waals surface area contributed by atoms with Gasteiger partial charge in [-0.15, -0.1) is 10.2 Å². The summed E-state index contributed by atoms with van der Waals surface area (Å²) >= 11 is 0. The first-order valence-electron chi connectivity index (χ1n) is 5.35. The fraction of sp³-hybridized carbons (Fsp3) is 0.667. The average molecular weight is 263 g/mol. The molecule has 0 bridgehead atoms. The minimum Gasteiger partial charge on any atom is -0.332 e. The quantitative estimate of drug-likeness (QED) is 0.806. The number of nitrogens with zero attached hydrogens (tertiary/aromatic N) is 4. The van der Waals surface area contributed by atoms with Crippen molar-refractivity contribution in [3.63, 3.8) is 0 Å². The summed E-state index contributed by atoms with van der Waals surface area (Å²) in [5, 5.41) is 9.34. The Kier molecular flexibility index (Phi) is 3.24. The maximum Gasteiger partial charge on any atom is 0.451 e. The van der Waals surface area contributed by atoms with Crippen LogP contribution < -0.4 is 5.32 Å². The third kappa shape index (κ3) is 2.30. The molecule has 2 heterocycles. The molecule has 0 aromatic carbocycles. The first-order chi connectivity index (χ1) is 8.43. The number of carbonyl (C=O) groups excluding carboxylic acids is 1. The van der Waals surface area contributed by atoms with Gasteiger partial charge in [-0.2, -0.15) is 13.2 Å². The molecule has 6 nitrogen and oxygen atoms in total. The average Bonchev–Trinajstić information content (AvgIpc) is 2.71. The third-order valence-electron chi connectivity index (χ3n) is 2.69. The molecule has 1 aliphatic heterocycles. The van der Waals surface area contributed by atoms with Crippen molar-refractivity contribution in [2.75, 3.05) is 20.1 Å². The number of nitrogens with one attached hydrogen (secondary N) is 1. The van der Waals surface area contributed by atoms with Crippen LogP contribution in [0, 0.1) is 0 Å². The van der Waals surface area contributed by atoms with Gasteiger partial charge >= 0.3 is 6.18 Å². The molecule has 1 aromatic rings. The van der Waals surface area contributed by atoms with Crippen molar-refractivity contribution in [2.24, 2.45) is 0 Å². The van der Waals surface area contributed by atoms with Crippen LogP contribution in [0.5, 0.6) is 0 Å². The smallest absolute Gasteiger partial charge is 0.332 e. The van der Waals surface area contributed by atoms with Crippen LogP contribution in [-0.2, 0) is 24.1 Å². The zero-order valence-electron chi connectivity index (χ0n) is 9.66. The predicted molar refractivity (Wildman–Crippen MR) is 54.4 cm³/mol. The number of amides is 1. The van der Waals surface area contributed by atoms with E-state index in [1.807, 2.05) is 0 Å². The first-order valence-corrected chi connectivity index (χ1v) is 5.35. The predicted octanol–water partition coefficient (Wildman–Crippen LogP) is -0.142. The summed E-state index contributed by atoms with van der Waals surface area (Å²) < 4.78 is 38.7. The molecule has 1 aromatic heterocycles. The summed E-state index contributed by atoms with van der Waals surface area (Å²) in [5.41, 5.74) is 0. The second-order valence-corrected chi connectivity index (χ2v) is 3.93. The molecule has 1 aliphatic rings. The molecule has 0 saturated heterocycles. The molecule has 0 atom stereocenters. The number of hydrogen-bond donors (Lipinski definition) is 1. The fourth-order valence-corrected chi connectivity index (χ4v) is 1.84. The van der Waals surface area contributed by atoms with Gasteiger partial charge in [0.25, 0.3) is 0 Å². The molecule has 0 unspecified atom stereocenters. The second-order valence-electron chi connectivity index (χ2n) is 3.93. The van der Waals surface area contributed by atoms with Gasteiger partial charge in [0.1, 0.15) is 0 Å². The molecule has 0 radical (unpaired) electrons. The van der Waals surface area contributed by atoms with E-state index >= 15 is 0 Å². The van der Waals surface area contributed by atoms with E-state index in [4.69, 9.17) is 0 Å². The lowest BCUT2D eigenvalue weighted by molar-refractivity contribution is -0.148. The van der Waals surface area contributed by atoms with E-state index in [2.05, 4.69) is 15.5 Å².